The molecule has 1 aliphatic carbocycles. The predicted molar refractivity (Wildman–Crippen MR) is 78.3 cm³/mol. The van der Waals surface area contributed by atoms with Crippen molar-refractivity contribution in [1.29, 1.82) is 0 Å². The maximum atomic E-state index is 11.8. The highest BCUT2D eigenvalue weighted by atomic mass is 16.2. The number of nitrogens with two attached hydrogens (primary N) is 1. The van der Waals surface area contributed by atoms with Gasteiger partial charge in [-0.2, -0.15) is 0 Å². The van der Waals surface area contributed by atoms with Crippen molar-refractivity contribution in [1.82, 2.24) is 15.6 Å². The molecule has 1 heterocycles. The first-order valence-corrected chi connectivity index (χ1v) is 6.91. The first kappa shape index (κ1) is 15.0. The van der Waals surface area contributed by atoms with Gasteiger partial charge < -0.3 is 16.4 Å². The van der Waals surface area contributed by atoms with Gasteiger partial charge in [-0.25, -0.2) is 4.98 Å². The summed E-state index contributed by atoms with van der Waals surface area (Å²) in [5, 5.41) is 5.53. The van der Waals surface area contributed by atoms with Crippen LogP contribution in [0.1, 0.15) is 35.3 Å². The minimum Gasteiger partial charge on any atom is -0.353 e. The largest absolute Gasteiger partial charge is 0.353 e. The molecule has 0 bridgehead atoms. The molecule has 2 rings (SSSR count). The van der Waals surface area contributed by atoms with E-state index in [1.54, 1.807) is 12.1 Å². The van der Waals surface area contributed by atoms with Crippen LogP contribution >= 0.6 is 0 Å². The van der Waals surface area contributed by atoms with Crippen LogP contribution < -0.4 is 16.4 Å². The van der Waals surface area contributed by atoms with Crippen molar-refractivity contribution in [3.8, 4) is 11.8 Å². The van der Waals surface area contributed by atoms with Crippen LogP contribution in [0.5, 0.6) is 0 Å². The molecule has 6 heteroatoms. The Morgan fingerprint density at radius 2 is 2.19 bits per heavy atom. The Morgan fingerprint density at radius 1 is 1.38 bits per heavy atom. The maximum Gasteiger partial charge on any atom is 0.269 e. The number of carbonyl (C=O) groups excluding carboxylic acids is 2. The topological polar surface area (TPSA) is 97.1 Å². The molecule has 0 aromatic carbocycles. The minimum absolute atomic E-state index is 0.0295. The Kier molecular flexibility index (Phi) is 5.29. The van der Waals surface area contributed by atoms with E-state index in [0.29, 0.717) is 23.8 Å². The minimum atomic E-state index is -0.299. The van der Waals surface area contributed by atoms with Crippen molar-refractivity contribution < 1.29 is 9.59 Å². The molecule has 0 atom stereocenters. The van der Waals surface area contributed by atoms with Crippen LogP contribution in [-0.4, -0.2) is 35.9 Å². The van der Waals surface area contributed by atoms with E-state index in [1.807, 2.05) is 0 Å². The van der Waals surface area contributed by atoms with Crippen molar-refractivity contribution in [2.45, 2.75) is 25.3 Å². The summed E-state index contributed by atoms with van der Waals surface area (Å²) in [5.41, 5.74) is 6.29. The molecule has 21 heavy (non-hydrogen) atoms. The average molecular weight is 286 g/mol. The van der Waals surface area contributed by atoms with Crippen LogP contribution in [0, 0.1) is 11.8 Å². The quantitative estimate of drug-likeness (QED) is 0.652. The van der Waals surface area contributed by atoms with E-state index in [0.717, 1.165) is 12.8 Å². The van der Waals surface area contributed by atoms with Crippen molar-refractivity contribution in [3.63, 3.8) is 0 Å². The van der Waals surface area contributed by atoms with Crippen molar-refractivity contribution in [2.24, 2.45) is 5.73 Å². The second-order valence-electron chi connectivity index (χ2n) is 4.79. The number of nitrogens with zero attached hydrogens (tertiary/aromatic N) is 1. The lowest BCUT2D eigenvalue weighted by atomic mass is 10.2. The zero-order chi connectivity index (χ0) is 15.1. The Morgan fingerprint density at radius 3 is 2.81 bits per heavy atom. The smallest absolute Gasteiger partial charge is 0.269 e. The SMILES string of the molecule is NCC#Cc1ccc(C(=O)NCCC(=O)NC2CC2)nc1. The van der Waals surface area contributed by atoms with E-state index in [9.17, 15) is 9.59 Å². The van der Waals surface area contributed by atoms with E-state index in [2.05, 4.69) is 27.5 Å². The van der Waals surface area contributed by atoms with E-state index in [-0.39, 0.29) is 24.8 Å². The molecule has 1 saturated carbocycles. The highest BCUT2D eigenvalue weighted by Gasteiger charge is 2.22. The van der Waals surface area contributed by atoms with Gasteiger partial charge in [0.25, 0.3) is 5.91 Å². The van der Waals surface area contributed by atoms with Gasteiger partial charge in [0.2, 0.25) is 5.91 Å². The van der Waals surface area contributed by atoms with Gasteiger partial charge in [-0.15, -0.1) is 0 Å². The number of carbonyl (C=O) groups is 2. The molecule has 1 aromatic rings. The molecule has 1 fully saturated rings. The monoisotopic (exact) mass is 286 g/mol. The van der Waals surface area contributed by atoms with Crippen molar-refractivity contribution >= 4 is 11.8 Å². The van der Waals surface area contributed by atoms with Gasteiger partial charge in [0.1, 0.15) is 5.69 Å². The summed E-state index contributed by atoms with van der Waals surface area (Å²) in [5.74, 6) is 5.22. The predicted octanol–water partition coefficient (Wildman–Crippen LogP) is -0.210. The summed E-state index contributed by atoms with van der Waals surface area (Å²) < 4.78 is 0. The summed E-state index contributed by atoms with van der Waals surface area (Å²) in [6.45, 7) is 0.582. The molecule has 1 aliphatic rings. The molecule has 0 aliphatic heterocycles. The third kappa shape index (κ3) is 5.24. The van der Waals surface area contributed by atoms with E-state index in [1.165, 1.54) is 6.20 Å². The van der Waals surface area contributed by atoms with E-state index < -0.39 is 0 Å². The molecular formula is C15H18N4O2. The van der Waals surface area contributed by atoms with Gasteiger partial charge in [0.05, 0.1) is 6.54 Å². The number of nitrogens with one attached hydrogen (secondary N) is 2. The van der Waals surface area contributed by atoms with Crippen LogP contribution in [0.25, 0.3) is 0 Å². The zero-order valence-corrected chi connectivity index (χ0v) is 11.7. The summed E-state index contributed by atoms with van der Waals surface area (Å²) >= 11 is 0. The van der Waals surface area contributed by atoms with Crippen LogP contribution in [0.2, 0.25) is 0 Å². The van der Waals surface area contributed by atoms with Crippen LogP contribution in [0.15, 0.2) is 18.3 Å². The number of hydrogen-bond acceptors (Lipinski definition) is 4. The lowest BCUT2D eigenvalue weighted by molar-refractivity contribution is -0.121. The molecule has 2 amide bonds. The molecular weight excluding hydrogens is 268 g/mol. The normalized spacial score (nSPS) is 13.0. The molecule has 0 saturated heterocycles. The fourth-order valence-electron chi connectivity index (χ4n) is 1.66. The number of pyridine rings is 1. The lowest BCUT2D eigenvalue weighted by Crippen LogP contribution is -2.32. The van der Waals surface area contributed by atoms with Gasteiger partial charge in [-0.3, -0.25) is 9.59 Å². The van der Waals surface area contributed by atoms with Gasteiger partial charge in [-0.1, -0.05) is 11.8 Å². The van der Waals surface area contributed by atoms with Crippen LogP contribution in [0.3, 0.4) is 0 Å². The Bertz CT molecular complexity index is 568. The highest BCUT2D eigenvalue weighted by Crippen LogP contribution is 2.18. The standard InChI is InChI=1S/C15H18N4O2/c16-8-1-2-11-3-6-13(18-10-11)15(21)17-9-7-14(20)19-12-4-5-12/h3,6,10,12H,4-5,7-9,16H2,(H,17,21)(H,19,20). The second-order valence-corrected chi connectivity index (χ2v) is 4.79. The fourth-order valence-corrected chi connectivity index (χ4v) is 1.66. The number of rotatable bonds is 5. The zero-order valence-electron chi connectivity index (χ0n) is 11.7. The first-order valence-electron chi connectivity index (χ1n) is 6.91. The summed E-state index contributed by atoms with van der Waals surface area (Å²) in [4.78, 5) is 27.3. The Labute approximate surface area is 123 Å². The lowest BCUT2D eigenvalue weighted by Gasteiger charge is -2.05. The van der Waals surface area contributed by atoms with Crippen LogP contribution in [0.4, 0.5) is 0 Å². The van der Waals surface area contributed by atoms with Crippen molar-refractivity contribution in [3.05, 3.63) is 29.6 Å². The molecule has 110 valence electrons. The highest BCUT2D eigenvalue weighted by molar-refractivity contribution is 5.92. The average Bonchev–Trinajstić information content (AvgIpc) is 3.29. The number of amides is 2. The van der Waals surface area contributed by atoms with Gasteiger partial charge >= 0.3 is 0 Å². The third-order valence-corrected chi connectivity index (χ3v) is 2.91. The number of hydrogen-bond donors (Lipinski definition) is 3. The van der Waals surface area contributed by atoms with Crippen molar-refractivity contribution in [2.75, 3.05) is 13.1 Å². The van der Waals surface area contributed by atoms with Gasteiger partial charge in [-0.05, 0) is 25.0 Å². The third-order valence-electron chi connectivity index (χ3n) is 2.91. The molecule has 1 aromatic heterocycles. The molecule has 0 spiro atoms. The summed E-state index contributed by atoms with van der Waals surface area (Å²) in [6, 6.07) is 3.65. The molecule has 6 nitrogen and oxygen atoms in total. The van der Waals surface area contributed by atoms with E-state index >= 15 is 0 Å². The number of aromatic nitrogens is 1. The maximum absolute atomic E-state index is 11.8. The fraction of sp³-hybridized carbons (Fsp3) is 0.400. The Hall–Kier alpha value is -2.39. The second kappa shape index (κ2) is 7.41. The Balaban J connectivity index is 1.75. The van der Waals surface area contributed by atoms with Crippen LogP contribution in [-0.2, 0) is 4.79 Å². The molecule has 4 N–H and O–H groups in total. The molecule has 0 radical (unpaired) electrons. The summed E-state index contributed by atoms with van der Waals surface area (Å²) in [6.07, 6.45) is 3.92. The first-order chi connectivity index (χ1) is 10.2. The van der Waals surface area contributed by atoms with Gasteiger partial charge in [0.15, 0.2) is 0 Å². The van der Waals surface area contributed by atoms with E-state index in [4.69, 9.17) is 5.73 Å². The van der Waals surface area contributed by atoms with Gasteiger partial charge in [0, 0.05) is 30.8 Å². The summed E-state index contributed by atoms with van der Waals surface area (Å²) in [7, 11) is 0. The molecule has 0 unspecified atom stereocenters.